The van der Waals surface area contributed by atoms with Gasteiger partial charge in [0.15, 0.2) is 11.6 Å². The van der Waals surface area contributed by atoms with Crippen LogP contribution in [0.4, 0.5) is 5.82 Å². The zero-order chi connectivity index (χ0) is 29.5. The molecule has 0 spiro atoms. The van der Waals surface area contributed by atoms with Gasteiger partial charge in [-0.1, -0.05) is 24.3 Å². The molecular weight excluding hydrogens is 528 g/mol. The van der Waals surface area contributed by atoms with Crippen molar-refractivity contribution >= 4 is 17.6 Å². The molecule has 0 radical (unpaired) electrons. The van der Waals surface area contributed by atoms with Gasteiger partial charge in [-0.15, -0.1) is 0 Å². The molecule has 9 heteroatoms. The van der Waals surface area contributed by atoms with Crippen LogP contribution in [0, 0.1) is 0 Å². The maximum Gasteiger partial charge on any atom is 0.253 e. The van der Waals surface area contributed by atoms with Gasteiger partial charge in [0, 0.05) is 55.1 Å². The molecule has 3 heterocycles. The number of hydrogen-bond donors (Lipinski definition) is 2. The van der Waals surface area contributed by atoms with Crippen molar-refractivity contribution in [3.63, 3.8) is 0 Å². The summed E-state index contributed by atoms with van der Waals surface area (Å²) in [5.41, 5.74) is 10.0. The van der Waals surface area contributed by atoms with Gasteiger partial charge in [-0.25, -0.2) is 4.98 Å². The Morgan fingerprint density at radius 1 is 0.976 bits per heavy atom. The number of carbonyl (C=O) groups excluding carboxylic acids is 2. The van der Waals surface area contributed by atoms with Crippen molar-refractivity contribution in [2.75, 3.05) is 59.1 Å². The molecule has 0 unspecified atom stereocenters. The van der Waals surface area contributed by atoms with Crippen LogP contribution >= 0.6 is 0 Å². The number of carbonyl (C=O) groups is 2. The van der Waals surface area contributed by atoms with Gasteiger partial charge in [0.05, 0.1) is 0 Å². The van der Waals surface area contributed by atoms with Gasteiger partial charge < -0.3 is 30.5 Å². The molecule has 2 fully saturated rings. The van der Waals surface area contributed by atoms with Crippen LogP contribution < -0.4 is 15.8 Å². The Bertz CT molecular complexity index is 1360. The summed E-state index contributed by atoms with van der Waals surface area (Å²) in [5.74, 6) is 0.736. The summed E-state index contributed by atoms with van der Waals surface area (Å²) in [5, 5.41) is 2.93. The van der Waals surface area contributed by atoms with Crippen molar-refractivity contribution in [3.8, 4) is 16.9 Å². The average molecular weight is 571 g/mol. The van der Waals surface area contributed by atoms with Crippen LogP contribution in [0.5, 0.6) is 5.75 Å². The third-order valence-electron chi connectivity index (χ3n) is 8.18. The molecule has 2 aliphatic rings. The number of aromatic nitrogens is 1. The van der Waals surface area contributed by atoms with Gasteiger partial charge in [-0.3, -0.25) is 9.59 Å². The number of pyridine rings is 1. The molecule has 5 rings (SSSR count). The van der Waals surface area contributed by atoms with E-state index in [4.69, 9.17) is 10.5 Å². The molecule has 0 atom stereocenters. The van der Waals surface area contributed by atoms with E-state index >= 15 is 0 Å². The number of nitrogens with two attached hydrogens (primary N) is 1. The van der Waals surface area contributed by atoms with E-state index in [1.165, 1.54) is 25.9 Å². The minimum Gasteiger partial charge on any atom is -0.485 e. The average Bonchev–Trinajstić information content (AvgIpc) is 3.56. The molecule has 0 bridgehead atoms. The standard InChI is InChI=1S/C33H42N6O3/c1-37(2)19-14-35-32(40)27-7-5-6-24(20-27)23-42-30-21-28(22-36-31(30)34)25-8-10-26(11-9-25)33(41)39-17-12-29(13-18-39)38-15-3-4-16-38/h5-11,20-22,29H,3-4,12-19,23H2,1-2H3,(H2,34,36)(H,35,40). The number of benzene rings is 2. The molecule has 0 saturated carbocycles. The highest BCUT2D eigenvalue weighted by atomic mass is 16.5. The molecule has 0 aliphatic carbocycles. The number of likely N-dealkylation sites (tertiary alicyclic amines) is 2. The first kappa shape index (κ1) is 29.5. The number of nitrogens with zero attached hydrogens (tertiary/aromatic N) is 4. The quantitative estimate of drug-likeness (QED) is 0.381. The predicted molar refractivity (Wildman–Crippen MR) is 165 cm³/mol. The lowest BCUT2D eigenvalue weighted by atomic mass is 10.0. The fourth-order valence-electron chi connectivity index (χ4n) is 5.72. The molecule has 3 aromatic rings. The number of hydrogen-bond acceptors (Lipinski definition) is 7. The first-order valence-electron chi connectivity index (χ1n) is 14.9. The minimum absolute atomic E-state index is 0.0921. The number of rotatable bonds is 10. The number of ether oxygens (including phenoxy) is 1. The van der Waals surface area contributed by atoms with E-state index in [1.54, 1.807) is 12.3 Å². The molecule has 222 valence electrons. The number of piperidine rings is 1. The van der Waals surface area contributed by atoms with Gasteiger partial charge in [0.25, 0.3) is 11.8 Å². The zero-order valence-corrected chi connectivity index (χ0v) is 24.7. The van der Waals surface area contributed by atoms with Crippen molar-refractivity contribution in [1.29, 1.82) is 0 Å². The number of nitrogen functional groups attached to an aromatic ring is 1. The normalized spacial score (nSPS) is 16.1. The van der Waals surface area contributed by atoms with Crippen LogP contribution in [-0.4, -0.2) is 90.9 Å². The van der Waals surface area contributed by atoms with E-state index < -0.39 is 0 Å². The summed E-state index contributed by atoms with van der Waals surface area (Å²) in [7, 11) is 3.94. The van der Waals surface area contributed by atoms with E-state index in [1.807, 2.05) is 72.4 Å². The predicted octanol–water partition coefficient (Wildman–Crippen LogP) is 3.90. The van der Waals surface area contributed by atoms with Crippen molar-refractivity contribution in [2.24, 2.45) is 0 Å². The monoisotopic (exact) mass is 570 g/mol. The molecular formula is C33H42N6O3. The van der Waals surface area contributed by atoms with Crippen LogP contribution in [0.15, 0.2) is 60.8 Å². The van der Waals surface area contributed by atoms with Gasteiger partial charge in [-0.05, 0) is 94.3 Å². The smallest absolute Gasteiger partial charge is 0.253 e. The first-order valence-corrected chi connectivity index (χ1v) is 14.9. The SMILES string of the molecule is CN(C)CCNC(=O)c1cccc(COc2cc(-c3ccc(C(=O)N4CCC(N5CCCC5)CC4)cc3)cnc2N)c1. The van der Waals surface area contributed by atoms with Crippen LogP contribution in [0.3, 0.4) is 0 Å². The molecule has 2 aromatic carbocycles. The molecule has 2 aliphatic heterocycles. The molecule has 1 aromatic heterocycles. The molecule has 9 nitrogen and oxygen atoms in total. The Hall–Kier alpha value is -3.95. The van der Waals surface area contributed by atoms with Gasteiger partial charge in [0.2, 0.25) is 0 Å². The van der Waals surface area contributed by atoms with Crippen LogP contribution in [0.1, 0.15) is 52.0 Å². The van der Waals surface area contributed by atoms with E-state index in [9.17, 15) is 9.59 Å². The van der Waals surface area contributed by atoms with E-state index in [-0.39, 0.29) is 18.4 Å². The second kappa shape index (κ2) is 13.8. The Balaban J connectivity index is 1.18. The Morgan fingerprint density at radius 3 is 2.43 bits per heavy atom. The third kappa shape index (κ3) is 7.46. The molecule has 3 N–H and O–H groups in total. The Morgan fingerprint density at radius 2 is 1.71 bits per heavy atom. The molecule has 42 heavy (non-hydrogen) atoms. The summed E-state index contributed by atoms with van der Waals surface area (Å²) in [6.07, 6.45) is 6.42. The molecule has 2 saturated heterocycles. The van der Waals surface area contributed by atoms with Gasteiger partial charge in [-0.2, -0.15) is 0 Å². The molecule has 2 amide bonds. The fourth-order valence-corrected chi connectivity index (χ4v) is 5.72. The fraction of sp³-hybridized carbons (Fsp3) is 0.424. The van der Waals surface area contributed by atoms with Gasteiger partial charge in [0.1, 0.15) is 6.61 Å². The van der Waals surface area contributed by atoms with Crippen LogP contribution in [0.2, 0.25) is 0 Å². The summed E-state index contributed by atoms with van der Waals surface area (Å²) in [6.45, 7) is 5.63. The first-order chi connectivity index (χ1) is 20.4. The Labute approximate surface area is 248 Å². The maximum absolute atomic E-state index is 13.2. The largest absolute Gasteiger partial charge is 0.485 e. The highest BCUT2D eigenvalue weighted by molar-refractivity contribution is 5.95. The second-order valence-electron chi connectivity index (χ2n) is 11.5. The van der Waals surface area contributed by atoms with Crippen molar-refractivity contribution in [2.45, 2.75) is 38.3 Å². The number of anilines is 1. The van der Waals surface area contributed by atoms with E-state index in [0.29, 0.717) is 35.3 Å². The van der Waals surface area contributed by atoms with Crippen molar-refractivity contribution in [1.82, 2.24) is 25.0 Å². The Kier molecular flexibility index (Phi) is 9.71. The number of amides is 2. The zero-order valence-electron chi connectivity index (χ0n) is 24.7. The van der Waals surface area contributed by atoms with Gasteiger partial charge >= 0.3 is 0 Å². The topological polar surface area (TPSA) is 104 Å². The summed E-state index contributed by atoms with van der Waals surface area (Å²) < 4.78 is 6.03. The van der Waals surface area contributed by atoms with Crippen molar-refractivity contribution in [3.05, 3.63) is 77.5 Å². The lowest BCUT2D eigenvalue weighted by Crippen LogP contribution is -2.45. The lowest BCUT2D eigenvalue weighted by molar-refractivity contribution is 0.0644. The van der Waals surface area contributed by atoms with Crippen molar-refractivity contribution < 1.29 is 14.3 Å². The summed E-state index contributed by atoms with van der Waals surface area (Å²) in [6, 6.07) is 17.5. The van der Waals surface area contributed by atoms with Crippen LogP contribution in [0.25, 0.3) is 11.1 Å². The summed E-state index contributed by atoms with van der Waals surface area (Å²) in [4.78, 5) is 36.6. The minimum atomic E-state index is -0.115. The second-order valence-corrected chi connectivity index (χ2v) is 11.5. The van der Waals surface area contributed by atoms with E-state index in [0.717, 1.165) is 49.2 Å². The number of nitrogens with one attached hydrogen (secondary N) is 1. The van der Waals surface area contributed by atoms with E-state index in [2.05, 4.69) is 15.2 Å². The lowest BCUT2D eigenvalue weighted by Gasteiger charge is -2.36. The highest BCUT2D eigenvalue weighted by Gasteiger charge is 2.28. The summed E-state index contributed by atoms with van der Waals surface area (Å²) >= 11 is 0. The third-order valence-corrected chi connectivity index (χ3v) is 8.18. The van der Waals surface area contributed by atoms with Crippen LogP contribution in [-0.2, 0) is 6.61 Å². The number of likely N-dealkylation sites (N-methyl/N-ethyl adjacent to an activating group) is 1. The highest BCUT2D eigenvalue weighted by Crippen LogP contribution is 2.29. The maximum atomic E-state index is 13.2.